The number of carbonyl (C=O) groups is 1. The van der Waals surface area contributed by atoms with E-state index < -0.39 is 11.9 Å². The first-order chi connectivity index (χ1) is 15.5. The smallest absolute Gasteiger partial charge is 0.290 e. The lowest BCUT2D eigenvalue weighted by Gasteiger charge is -2.31. The van der Waals surface area contributed by atoms with E-state index in [4.69, 9.17) is 9.15 Å². The number of fused-ring (bicyclic) bond motifs is 2. The van der Waals surface area contributed by atoms with Crippen LogP contribution in [0.25, 0.3) is 11.0 Å². The molecule has 3 heterocycles. The van der Waals surface area contributed by atoms with Gasteiger partial charge < -0.3 is 14.1 Å². The molecule has 32 heavy (non-hydrogen) atoms. The molecule has 1 aromatic heterocycles. The highest BCUT2D eigenvalue weighted by molar-refractivity contribution is 5.99. The van der Waals surface area contributed by atoms with Crippen LogP contribution < -0.4 is 5.43 Å². The van der Waals surface area contributed by atoms with Gasteiger partial charge in [-0.2, -0.15) is 0 Å². The van der Waals surface area contributed by atoms with Gasteiger partial charge in [0.1, 0.15) is 11.4 Å². The summed E-state index contributed by atoms with van der Waals surface area (Å²) in [6, 6.07) is 9.06. The predicted octanol–water partition coefficient (Wildman–Crippen LogP) is 3.43. The molecule has 0 saturated carbocycles. The average Bonchev–Trinajstić information content (AvgIpc) is 3.06. The van der Waals surface area contributed by atoms with Crippen molar-refractivity contribution in [3.05, 3.63) is 80.5 Å². The molecule has 1 saturated heterocycles. The van der Waals surface area contributed by atoms with Gasteiger partial charge in [0.2, 0.25) is 5.76 Å². The van der Waals surface area contributed by atoms with Gasteiger partial charge in [0, 0.05) is 31.7 Å². The summed E-state index contributed by atoms with van der Waals surface area (Å²) in [5.41, 5.74) is 2.56. The van der Waals surface area contributed by atoms with Crippen LogP contribution in [0.4, 0.5) is 4.39 Å². The van der Waals surface area contributed by atoms with Gasteiger partial charge in [-0.1, -0.05) is 18.2 Å². The van der Waals surface area contributed by atoms with E-state index in [2.05, 4.69) is 4.90 Å². The second-order valence-corrected chi connectivity index (χ2v) is 8.48. The molecule has 2 aromatic carbocycles. The number of benzene rings is 2. The van der Waals surface area contributed by atoms with Crippen LogP contribution in [-0.2, 0) is 4.74 Å². The molecule has 3 aromatic rings. The summed E-state index contributed by atoms with van der Waals surface area (Å²) in [7, 11) is 0. The number of carbonyl (C=O) groups excluding carboxylic acids is 1. The molecule has 1 atom stereocenters. The van der Waals surface area contributed by atoms with Crippen molar-refractivity contribution in [2.75, 3.05) is 39.4 Å². The maximum atomic E-state index is 14.9. The third-order valence-electron chi connectivity index (χ3n) is 6.54. The molecule has 0 N–H and O–H groups in total. The van der Waals surface area contributed by atoms with Crippen LogP contribution in [0.15, 0.2) is 45.6 Å². The van der Waals surface area contributed by atoms with Crippen molar-refractivity contribution in [2.45, 2.75) is 19.9 Å². The number of halogens is 1. The zero-order chi connectivity index (χ0) is 22.4. The lowest BCUT2D eigenvalue weighted by Crippen LogP contribution is -2.42. The maximum Gasteiger partial charge on any atom is 0.290 e. The van der Waals surface area contributed by atoms with E-state index in [0.717, 1.165) is 24.2 Å². The van der Waals surface area contributed by atoms with Crippen molar-refractivity contribution in [1.82, 2.24) is 9.80 Å². The Kier molecular flexibility index (Phi) is 5.31. The number of aryl methyl sites for hydroxylation is 2. The minimum atomic E-state index is -0.818. The Balaban J connectivity index is 1.64. The third-order valence-corrected chi connectivity index (χ3v) is 6.54. The fourth-order valence-electron chi connectivity index (χ4n) is 4.60. The Labute approximate surface area is 185 Å². The summed E-state index contributed by atoms with van der Waals surface area (Å²) in [6.45, 7) is 7.67. The summed E-state index contributed by atoms with van der Waals surface area (Å²) >= 11 is 0. The molecule has 6 nitrogen and oxygen atoms in total. The second-order valence-electron chi connectivity index (χ2n) is 8.48. The van der Waals surface area contributed by atoms with Gasteiger partial charge >= 0.3 is 0 Å². The Bertz CT molecular complexity index is 1260. The fraction of sp³-hybridized carbons (Fsp3) is 0.360. The minimum Gasteiger partial charge on any atom is -0.450 e. The molecule has 7 heteroatoms. The quantitative estimate of drug-likeness (QED) is 0.627. The molecule has 0 spiro atoms. The Hall–Kier alpha value is -3.03. The molecule has 2 aliphatic heterocycles. The number of ether oxygens (including phenoxy) is 1. The van der Waals surface area contributed by atoms with Crippen LogP contribution in [0, 0.1) is 19.7 Å². The zero-order valence-corrected chi connectivity index (χ0v) is 18.2. The number of morpholine rings is 1. The summed E-state index contributed by atoms with van der Waals surface area (Å²) in [5, 5.41) is 0.413. The summed E-state index contributed by atoms with van der Waals surface area (Å²) in [5.74, 6) is -0.811. The first kappa shape index (κ1) is 20.8. The van der Waals surface area contributed by atoms with Gasteiger partial charge in [-0.25, -0.2) is 4.39 Å². The number of amides is 1. The van der Waals surface area contributed by atoms with E-state index >= 15 is 0 Å². The van der Waals surface area contributed by atoms with Gasteiger partial charge in [-0.15, -0.1) is 0 Å². The van der Waals surface area contributed by atoms with Crippen LogP contribution in [-0.4, -0.2) is 55.1 Å². The van der Waals surface area contributed by atoms with Crippen molar-refractivity contribution in [2.24, 2.45) is 0 Å². The predicted molar refractivity (Wildman–Crippen MR) is 118 cm³/mol. The lowest BCUT2D eigenvalue weighted by molar-refractivity contribution is 0.0314. The van der Waals surface area contributed by atoms with Crippen LogP contribution in [0.1, 0.15) is 38.9 Å². The van der Waals surface area contributed by atoms with E-state index in [1.165, 1.54) is 6.07 Å². The SMILES string of the molecule is Cc1cc2oc3c(c(=O)c2cc1C)[C@@H](c1ccccc1F)N(CCN1CCOCC1)C3=O. The Morgan fingerprint density at radius 1 is 1.03 bits per heavy atom. The van der Waals surface area contributed by atoms with Gasteiger partial charge in [0.25, 0.3) is 5.91 Å². The van der Waals surface area contributed by atoms with E-state index in [1.54, 1.807) is 35.2 Å². The average molecular weight is 436 g/mol. The molecule has 1 fully saturated rings. The summed E-state index contributed by atoms with van der Waals surface area (Å²) in [6.07, 6.45) is 0. The first-order valence-electron chi connectivity index (χ1n) is 10.9. The van der Waals surface area contributed by atoms with Crippen molar-refractivity contribution >= 4 is 16.9 Å². The van der Waals surface area contributed by atoms with Gasteiger partial charge in [0.05, 0.1) is 30.2 Å². The molecule has 0 bridgehead atoms. The summed E-state index contributed by atoms with van der Waals surface area (Å²) in [4.78, 5) is 30.8. The second kappa shape index (κ2) is 8.15. The molecule has 2 aliphatic rings. The third kappa shape index (κ3) is 3.42. The highest BCUT2D eigenvalue weighted by Gasteiger charge is 2.43. The largest absolute Gasteiger partial charge is 0.450 e. The van der Waals surface area contributed by atoms with Crippen molar-refractivity contribution in [3.8, 4) is 0 Å². The van der Waals surface area contributed by atoms with Gasteiger partial charge in [0.15, 0.2) is 5.43 Å². The fourth-order valence-corrected chi connectivity index (χ4v) is 4.60. The summed E-state index contributed by atoms with van der Waals surface area (Å²) < 4.78 is 26.3. The van der Waals surface area contributed by atoms with Crippen LogP contribution in [0.2, 0.25) is 0 Å². The molecule has 166 valence electrons. The highest BCUT2D eigenvalue weighted by atomic mass is 19.1. The monoisotopic (exact) mass is 436 g/mol. The molecule has 0 aliphatic carbocycles. The van der Waals surface area contributed by atoms with Crippen LogP contribution in [0.5, 0.6) is 0 Å². The number of hydrogen-bond acceptors (Lipinski definition) is 5. The zero-order valence-electron chi connectivity index (χ0n) is 18.2. The molecular formula is C25H25FN2O4. The topological polar surface area (TPSA) is 63.0 Å². The first-order valence-corrected chi connectivity index (χ1v) is 10.9. The Morgan fingerprint density at radius 2 is 1.75 bits per heavy atom. The van der Waals surface area contributed by atoms with Crippen LogP contribution >= 0.6 is 0 Å². The number of rotatable bonds is 4. The van der Waals surface area contributed by atoms with E-state index in [-0.39, 0.29) is 22.7 Å². The maximum absolute atomic E-state index is 14.9. The van der Waals surface area contributed by atoms with Crippen LogP contribution in [0.3, 0.4) is 0 Å². The van der Waals surface area contributed by atoms with E-state index in [9.17, 15) is 14.0 Å². The number of hydrogen-bond donors (Lipinski definition) is 0. The molecule has 0 radical (unpaired) electrons. The molecular weight excluding hydrogens is 411 g/mol. The van der Waals surface area contributed by atoms with Gasteiger partial charge in [-0.05, 0) is 43.2 Å². The molecule has 1 amide bonds. The highest BCUT2D eigenvalue weighted by Crippen LogP contribution is 2.39. The Morgan fingerprint density at radius 3 is 2.50 bits per heavy atom. The number of nitrogens with zero attached hydrogens (tertiary/aromatic N) is 2. The van der Waals surface area contributed by atoms with Crippen molar-refractivity contribution in [3.63, 3.8) is 0 Å². The van der Waals surface area contributed by atoms with Crippen molar-refractivity contribution in [1.29, 1.82) is 0 Å². The standard InChI is InChI=1S/C25H25FN2O4/c1-15-13-18-20(14-16(15)2)32-24-21(23(18)29)22(17-5-3-4-6-19(17)26)28(25(24)30)8-7-27-9-11-31-12-10-27/h3-6,13-14,22H,7-12H2,1-2H3/t22-/m1/s1. The lowest BCUT2D eigenvalue weighted by atomic mass is 9.97. The molecule has 0 unspecified atom stereocenters. The van der Waals surface area contributed by atoms with Gasteiger partial charge in [-0.3, -0.25) is 14.5 Å². The normalized spacial score (nSPS) is 19.0. The van der Waals surface area contributed by atoms with E-state index in [1.807, 2.05) is 13.8 Å². The molecule has 5 rings (SSSR count). The minimum absolute atomic E-state index is 0.0148. The van der Waals surface area contributed by atoms with Crippen molar-refractivity contribution < 1.29 is 18.3 Å². The van der Waals surface area contributed by atoms with E-state index in [0.29, 0.717) is 42.8 Å².